The summed E-state index contributed by atoms with van der Waals surface area (Å²) in [7, 11) is 2.72. The Morgan fingerprint density at radius 2 is 0.966 bits per heavy atom. The third-order valence-corrected chi connectivity index (χ3v) is 4.25. The van der Waals surface area contributed by atoms with Gasteiger partial charge in [-0.1, -0.05) is 0 Å². The molecule has 0 saturated heterocycles. The molecular formula is C22H28N2O5. The van der Waals surface area contributed by atoms with Gasteiger partial charge in [0.15, 0.2) is 0 Å². The smallest absolute Gasteiger partial charge is 0.330 e. The first-order chi connectivity index (χ1) is 13.6. The second kappa shape index (κ2) is 8.86. The Hall–Kier alpha value is -3.22. The number of hydrogen-bond donors (Lipinski definition) is 2. The van der Waals surface area contributed by atoms with Gasteiger partial charge in [-0.2, -0.15) is 0 Å². The van der Waals surface area contributed by atoms with Crippen molar-refractivity contribution in [3.8, 4) is 11.5 Å². The van der Waals surface area contributed by atoms with E-state index >= 15 is 0 Å². The first-order valence-corrected chi connectivity index (χ1v) is 9.18. The molecule has 2 aromatic carbocycles. The minimum absolute atomic E-state index is 0.345. The van der Waals surface area contributed by atoms with Crippen molar-refractivity contribution in [1.29, 1.82) is 0 Å². The van der Waals surface area contributed by atoms with Crippen LogP contribution >= 0.6 is 0 Å². The Morgan fingerprint density at radius 1 is 0.655 bits per heavy atom. The lowest BCUT2D eigenvalue weighted by atomic mass is 10.1. The average Bonchev–Trinajstić information content (AvgIpc) is 2.69. The zero-order valence-corrected chi connectivity index (χ0v) is 17.7. The summed E-state index contributed by atoms with van der Waals surface area (Å²) in [6.45, 7) is 7.00. The second-order valence-electron chi connectivity index (χ2n) is 7.63. The third-order valence-electron chi connectivity index (χ3n) is 4.25. The van der Waals surface area contributed by atoms with Crippen LogP contribution in [0.4, 0.5) is 11.4 Å². The molecule has 0 amide bonds. The predicted molar refractivity (Wildman–Crippen MR) is 112 cm³/mol. The monoisotopic (exact) mass is 400 g/mol. The lowest BCUT2D eigenvalue weighted by Crippen LogP contribution is -2.41. The van der Waals surface area contributed by atoms with Gasteiger partial charge in [0.1, 0.15) is 22.6 Å². The lowest BCUT2D eigenvalue weighted by molar-refractivity contribution is -0.145. The van der Waals surface area contributed by atoms with Crippen LogP contribution in [-0.2, 0) is 19.1 Å². The molecule has 0 unspecified atom stereocenters. The van der Waals surface area contributed by atoms with Gasteiger partial charge < -0.3 is 24.8 Å². The summed E-state index contributed by atoms with van der Waals surface area (Å²) in [6.07, 6.45) is 0. The van der Waals surface area contributed by atoms with Gasteiger partial charge in [0.2, 0.25) is 0 Å². The molecule has 0 aliphatic rings. The molecule has 0 aliphatic carbocycles. The van der Waals surface area contributed by atoms with E-state index in [0.29, 0.717) is 11.5 Å². The van der Waals surface area contributed by atoms with Gasteiger partial charge >= 0.3 is 11.9 Å². The molecule has 7 nitrogen and oxygen atoms in total. The van der Waals surface area contributed by atoms with E-state index in [1.54, 1.807) is 27.7 Å². The number of carbonyl (C=O) groups is 2. The molecule has 7 heteroatoms. The van der Waals surface area contributed by atoms with Gasteiger partial charge in [-0.25, -0.2) is 9.59 Å². The SMILES string of the molecule is COC(=O)C(C)(C)Nc1ccc(Oc2ccc(NC(C)(C)C(=O)OC)cc2)cc1. The normalized spacial score (nSPS) is 11.4. The molecular weight excluding hydrogens is 372 g/mol. The Morgan fingerprint density at radius 3 is 1.24 bits per heavy atom. The Bertz CT molecular complexity index is 771. The van der Waals surface area contributed by atoms with Gasteiger partial charge in [0.05, 0.1) is 14.2 Å². The van der Waals surface area contributed by atoms with Crippen molar-refractivity contribution in [3.05, 3.63) is 48.5 Å². The highest BCUT2D eigenvalue weighted by Crippen LogP contribution is 2.26. The molecule has 0 aromatic heterocycles. The minimum Gasteiger partial charge on any atom is -0.467 e. The van der Waals surface area contributed by atoms with Gasteiger partial charge in [0.25, 0.3) is 0 Å². The van der Waals surface area contributed by atoms with Crippen LogP contribution in [0.3, 0.4) is 0 Å². The molecule has 0 heterocycles. The molecule has 0 spiro atoms. The molecule has 0 fully saturated rings. The van der Waals surface area contributed by atoms with Crippen molar-refractivity contribution in [1.82, 2.24) is 0 Å². The van der Waals surface area contributed by atoms with Crippen LogP contribution in [0.1, 0.15) is 27.7 Å². The number of ether oxygens (including phenoxy) is 3. The highest BCUT2D eigenvalue weighted by Gasteiger charge is 2.29. The summed E-state index contributed by atoms with van der Waals surface area (Å²) in [5.41, 5.74) is -0.120. The first kappa shape index (κ1) is 22.1. The molecule has 156 valence electrons. The second-order valence-corrected chi connectivity index (χ2v) is 7.63. The van der Waals surface area contributed by atoms with Crippen molar-refractivity contribution in [2.24, 2.45) is 0 Å². The Labute approximate surface area is 171 Å². The summed E-state index contributed by atoms with van der Waals surface area (Å²) >= 11 is 0. The zero-order chi connectivity index (χ0) is 21.7. The minimum atomic E-state index is -0.835. The molecule has 0 aliphatic heterocycles. The van der Waals surface area contributed by atoms with E-state index in [0.717, 1.165) is 11.4 Å². The topological polar surface area (TPSA) is 85.9 Å². The van der Waals surface area contributed by atoms with E-state index in [4.69, 9.17) is 14.2 Å². The molecule has 29 heavy (non-hydrogen) atoms. The lowest BCUT2D eigenvalue weighted by Gasteiger charge is -2.24. The largest absolute Gasteiger partial charge is 0.467 e. The van der Waals surface area contributed by atoms with Gasteiger partial charge in [-0.05, 0) is 76.2 Å². The van der Waals surface area contributed by atoms with Crippen LogP contribution in [0.15, 0.2) is 48.5 Å². The summed E-state index contributed by atoms with van der Waals surface area (Å²) in [5, 5.41) is 6.25. The predicted octanol–water partition coefficient (Wildman–Crippen LogP) is 4.21. The van der Waals surface area contributed by atoms with Crippen molar-refractivity contribution >= 4 is 23.3 Å². The summed E-state index contributed by atoms with van der Waals surface area (Å²) < 4.78 is 15.4. The maximum Gasteiger partial charge on any atom is 0.330 e. The van der Waals surface area contributed by atoms with Crippen molar-refractivity contribution in [3.63, 3.8) is 0 Å². The number of hydrogen-bond acceptors (Lipinski definition) is 7. The Kier molecular flexibility index (Phi) is 6.74. The van der Waals surface area contributed by atoms with E-state index in [9.17, 15) is 9.59 Å². The number of esters is 2. The van der Waals surface area contributed by atoms with Crippen LogP contribution in [0.5, 0.6) is 11.5 Å². The molecule has 0 radical (unpaired) electrons. The van der Waals surface area contributed by atoms with Crippen molar-refractivity contribution in [2.45, 2.75) is 38.8 Å². The first-order valence-electron chi connectivity index (χ1n) is 9.18. The summed E-state index contributed by atoms with van der Waals surface area (Å²) in [4.78, 5) is 23.5. The van der Waals surface area contributed by atoms with E-state index in [1.165, 1.54) is 14.2 Å². The number of benzene rings is 2. The number of methoxy groups -OCH3 is 2. The molecule has 2 aromatic rings. The van der Waals surface area contributed by atoms with Gasteiger partial charge in [0, 0.05) is 11.4 Å². The fourth-order valence-corrected chi connectivity index (χ4v) is 2.68. The van der Waals surface area contributed by atoms with Crippen molar-refractivity contribution < 1.29 is 23.8 Å². The van der Waals surface area contributed by atoms with Crippen LogP contribution in [0.2, 0.25) is 0 Å². The van der Waals surface area contributed by atoms with E-state index < -0.39 is 11.1 Å². The number of rotatable bonds is 8. The molecule has 2 rings (SSSR count). The zero-order valence-electron chi connectivity index (χ0n) is 17.7. The number of nitrogens with one attached hydrogen (secondary N) is 2. The summed E-state index contributed by atoms with van der Waals surface area (Å²) in [6, 6.07) is 14.5. The maximum absolute atomic E-state index is 11.8. The van der Waals surface area contributed by atoms with Crippen LogP contribution in [0.25, 0.3) is 0 Å². The third kappa shape index (κ3) is 5.88. The summed E-state index contributed by atoms with van der Waals surface area (Å²) in [5.74, 6) is 0.618. The van der Waals surface area contributed by atoms with Crippen molar-refractivity contribution in [2.75, 3.05) is 24.9 Å². The number of anilines is 2. The van der Waals surface area contributed by atoms with Gasteiger partial charge in [-0.3, -0.25) is 0 Å². The molecule has 0 atom stereocenters. The van der Waals surface area contributed by atoms with E-state index in [1.807, 2.05) is 48.5 Å². The van der Waals surface area contributed by atoms with E-state index in [2.05, 4.69) is 10.6 Å². The molecule has 0 bridgehead atoms. The van der Waals surface area contributed by atoms with E-state index in [-0.39, 0.29) is 11.9 Å². The highest BCUT2D eigenvalue weighted by atomic mass is 16.5. The fourth-order valence-electron chi connectivity index (χ4n) is 2.68. The highest BCUT2D eigenvalue weighted by molar-refractivity contribution is 5.84. The van der Waals surface area contributed by atoms with Crippen LogP contribution < -0.4 is 15.4 Å². The molecule has 2 N–H and O–H groups in total. The van der Waals surface area contributed by atoms with Crippen LogP contribution in [0, 0.1) is 0 Å². The Balaban J connectivity index is 2.00. The quantitative estimate of drug-likeness (QED) is 0.642. The number of carbonyl (C=O) groups excluding carboxylic acids is 2. The average molecular weight is 400 g/mol. The maximum atomic E-state index is 11.8. The molecule has 0 saturated carbocycles. The van der Waals surface area contributed by atoms with Gasteiger partial charge in [-0.15, -0.1) is 0 Å². The van der Waals surface area contributed by atoms with Crippen LogP contribution in [-0.4, -0.2) is 37.2 Å². The fraction of sp³-hybridized carbons (Fsp3) is 0.364. The standard InChI is InChI=1S/C22H28N2O5/c1-21(2,19(25)27-5)23-15-7-11-17(12-8-15)29-18-13-9-16(10-14-18)24-22(3,4)20(26)28-6/h7-14,23-24H,1-6H3.